The lowest BCUT2D eigenvalue weighted by Gasteiger charge is -2.04. The van der Waals surface area contributed by atoms with Crippen LogP contribution in [0.25, 0.3) is 0 Å². The van der Waals surface area contributed by atoms with E-state index in [9.17, 15) is 0 Å². The summed E-state index contributed by atoms with van der Waals surface area (Å²) in [4.78, 5) is 8.75. The molecule has 5 nitrogen and oxygen atoms in total. The van der Waals surface area contributed by atoms with Gasteiger partial charge < -0.3 is 14.6 Å². The SMILES string of the molecule is CCCNCc1cn(Cc2cccc(OC)n2)cn1. The summed E-state index contributed by atoms with van der Waals surface area (Å²) >= 11 is 0. The van der Waals surface area contributed by atoms with E-state index < -0.39 is 0 Å². The molecule has 0 fully saturated rings. The Balaban J connectivity index is 1.95. The number of imidazole rings is 1. The fraction of sp³-hybridized carbons (Fsp3) is 0.429. The van der Waals surface area contributed by atoms with Crippen molar-refractivity contribution in [3.05, 3.63) is 42.1 Å². The van der Waals surface area contributed by atoms with Gasteiger partial charge in [-0.3, -0.25) is 0 Å². The first-order valence-electron chi connectivity index (χ1n) is 6.53. The first-order valence-corrected chi connectivity index (χ1v) is 6.53. The van der Waals surface area contributed by atoms with Gasteiger partial charge in [0.1, 0.15) is 0 Å². The van der Waals surface area contributed by atoms with Gasteiger partial charge in [-0.05, 0) is 19.0 Å². The van der Waals surface area contributed by atoms with Gasteiger partial charge in [0.2, 0.25) is 5.88 Å². The lowest BCUT2D eigenvalue weighted by molar-refractivity contribution is 0.396. The maximum Gasteiger partial charge on any atom is 0.213 e. The van der Waals surface area contributed by atoms with Crippen molar-refractivity contribution < 1.29 is 4.74 Å². The van der Waals surface area contributed by atoms with Crippen LogP contribution < -0.4 is 10.1 Å². The zero-order valence-electron chi connectivity index (χ0n) is 11.5. The second-order valence-electron chi connectivity index (χ2n) is 4.39. The standard InChI is InChI=1S/C14H20N4O/c1-3-7-15-8-13-10-18(11-16-13)9-12-5-4-6-14(17-12)19-2/h4-6,10-11,15H,3,7-9H2,1-2H3. The third-order valence-electron chi connectivity index (χ3n) is 2.75. The summed E-state index contributed by atoms with van der Waals surface area (Å²) in [6, 6.07) is 5.77. The molecule has 5 heteroatoms. The molecule has 0 saturated heterocycles. The van der Waals surface area contributed by atoms with Gasteiger partial charge >= 0.3 is 0 Å². The Hall–Kier alpha value is -1.88. The molecule has 0 atom stereocenters. The number of nitrogens with zero attached hydrogens (tertiary/aromatic N) is 3. The first-order chi connectivity index (χ1) is 9.31. The van der Waals surface area contributed by atoms with Gasteiger partial charge in [-0.1, -0.05) is 13.0 Å². The molecule has 0 saturated carbocycles. The van der Waals surface area contributed by atoms with Crippen molar-refractivity contribution in [1.29, 1.82) is 0 Å². The third kappa shape index (κ3) is 4.06. The summed E-state index contributed by atoms with van der Waals surface area (Å²) in [6.45, 7) is 4.69. The maximum atomic E-state index is 5.12. The number of hydrogen-bond donors (Lipinski definition) is 1. The molecule has 0 aliphatic rings. The predicted molar refractivity (Wildman–Crippen MR) is 74.1 cm³/mol. The quantitative estimate of drug-likeness (QED) is 0.772. The number of nitrogens with one attached hydrogen (secondary N) is 1. The molecule has 1 N–H and O–H groups in total. The van der Waals surface area contributed by atoms with E-state index >= 15 is 0 Å². The van der Waals surface area contributed by atoms with E-state index in [2.05, 4.69) is 22.2 Å². The number of methoxy groups -OCH3 is 1. The highest BCUT2D eigenvalue weighted by atomic mass is 16.5. The van der Waals surface area contributed by atoms with Crippen LogP contribution in [0.2, 0.25) is 0 Å². The van der Waals surface area contributed by atoms with Gasteiger partial charge in [-0.2, -0.15) is 0 Å². The highest BCUT2D eigenvalue weighted by molar-refractivity contribution is 5.16. The Bertz CT molecular complexity index is 510. The Kier molecular flexibility index (Phi) is 4.92. The molecule has 2 heterocycles. The largest absolute Gasteiger partial charge is 0.481 e. The van der Waals surface area contributed by atoms with Crippen LogP contribution in [-0.4, -0.2) is 28.2 Å². The second-order valence-corrected chi connectivity index (χ2v) is 4.39. The number of aromatic nitrogens is 3. The van der Waals surface area contributed by atoms with Gasteiger partial charge in [0.05, 0.1) is 31.4 Å². The molecule has 2 aromatic rings. The Morgan fingerprint density at radius 3 is 3.00 bits per heavy atom. The van der Waals surface area contributed by atoms with E-state index in [4.69, 9.17) is 4.74 Å². The molecule has 0 spiro atoms. The summed E-state index contributed by atoms with van der Waals surface area (Å²) in [5.74, 6) is 0.641. The van der Waals surface area contributed by atoms with Crippen LogP contribution in [0.4, 0.5) is 0 Å². The molecule has 2 aromatic heterocycles. The fourth-order valence-corrected chi connectivity index (χ4v) is 1.82. The number of pyridine rings is 1. The van der Waals surface area contributed by atoms with E-state index in [1.54, 1.807) is 7.11 Å². The molecule has 0 radical (unpaired) electrons. The summed E-state index contributed by atoms with van der Waals surface area (Å²) < 4.78 is 7.15. The number of rotatable bonds is 7. The van der Waals surface area contributed by atoms with E-state index in [-0.39, 0.29) is 0 Å². The Labute approximate surface area is 113 Å². The van der Waals surface area contributed by atoms with Crippen LogP contribution in [0.15, 0.2) is 30.7 Å². The van der Waals surface area contributed by atoms with Gasteiger partial charge in [-0.25, -0.2) is 9.97 Å². The van der Waals surface area contributed by atoms with Crippen LogP contribution in [0.5, 0.6) is 5.88 Å². The van der Waals surface area contributed by atoms with Crippen LogP contribution in [0.3, 0.4) is 0 Å². The van der Waals surface area contributed by atoms with E-state index in [0.717, 1.165) is 30.9 Å². The minimum Gasteiger partial charge on any atom is -0.481 e. The van der Waals surface area contributed by atoms with Crippen molar-refractivity contribution >= 4 is 0 Å². The zero-order chi connectivity index (χ0) is 13.5. The molecule has 102 valence electrons. The molecule has 0 unspecified atom stereocenters. The van der Waals surface area contributed by atoms with Gasteiger partial charge in [0, 0.05) is 18.8 Å². The molecule has 0 aliphatic carbocycles. The van der Waals surface area contributed by atoms with Crippen molar-refractivity contribution in [2.75, 3.05) is 13.7 Å². The predicted octanol–water partition coefficient (Wildman–Crippen LogP) is 1.83. The first kappa shape index (κ1) is 13.5. The normalized spacial score (nSPS) is 10.6. The topological polar surface area (TPSA) is 52.0 Å². The number of ether oxygens (including phenoxy) is 1. The third-order valence-corrected chi connectivity index (χ3v) is 2.75. The molecule has 2 rings (SSSR count). The van der Waals surface area contributed by atoms with Crippen LogP contribution in [-0.2, 0) is 13.1 Å². The Morgan fingerprint density at radius 1 is 1.32 bits per heavy atom. The molecule has 19 heavy (non-hydrogen) atoms. The lowest BCUT2D eigenvalue weighted by atomic mass is 10.3. The van der Waals surface area contributed by atoms with E-state index in [1.807, 2.05) is 35.3 Å². The molecular formula is C14H20N4O. The molecule has 0 amide bonds. The van der Waals surface area contributed by atoms with Crippen molar-refractivity contribution in [2.24, 2.45) is 0 Å². The maximum absolute atomic E-state index is 5.12. The van der Waals surface area contributed by atoms with Gasteiger partial charge in [-0.15, -0.1) is 0 Å². The minimum atomic E-state index is 0.641. The van der Waals surface area contributed by atoms with Crippen molar-refractivity contribution in [2.45, 2.75) is 26.4 Å². The second kappa shape index (κ2) is 6.89. The number of hydrogen-bond acceptors (Lipinski definition) is 4. The summed E-state index contributed by atoms with van der Waals surface area (Å²) in [6.07, 6.45) is 5.02. The lowest BCUT2D eigenvalue weighted by Crippen LogP contribution is -2.13. The summed E-state index contributed by atoms with van der Waals surface area (Å²) in [5.41, 5.74) is 2.01. The molecular weight excluding hydrogens is 240 g/mol. The molecule has 0 aromatic carbocycles. The minimum absolute atomic E-state index is 0.641. The van der Waals surface area contributed by atoms with Gasteiger partial charge in [0.15, 0.2) is 0 Å². The van der Waals surface area contributed by atoms with E-state index in [1.165, 1.54) is 0 Å². The summed E-state index contributed by atoms with van der Waals surface area (Å²) in [5, 5.41) is 3.34. The van der Waals surface area contributed by atoms with Crippen molar-refractivity contribution in [1.82, 2.24) is 19.9 Å². The van der Waals surface area contributed by atoms with Crippen LogP contribution in [0.1, 0.15) is 24.7 Å². The molecule has 0 bridgehead atoms. The van der Waals surface area contributed by atoms with Gasteiger partial charge in [0.25, 0.3) is 0 Å². The van der Waals surface area contributed by atoms with Crippen molar-refractivity contribution in [3.63, 3.8) is 0 Å². The van der Waals surface area contributed by atoms with Crippen LogP contribution in [0, 0.1) is 0 Å². The summed E-state index contributed by atoms with van der Waals surface area (Å²) in [7, 11) is 1.63. The smallest absolute Gasteiger partial charge is 0.213 e. The molecule has 0 aliphatic heterocycles. The zero-order valence-corrected chi connectivity index (χ0v) is 11.5. The van der Waals surface area contributed by atoms with E-state index in [0.29, 0.717) is 12.4 Å². The monoisotopic (exact) mass is 260 g/mol. The Morgan fingerprint density at radius 2 is 2.21 bits per heavy atom. The van der Waals surface area contributed by atoms with Crippen molar-refractivity contribution in [3.8, 4) is 5.88 Å². The fourth-order valence-electron chi connectivity index (χ4n) is 1.82. The average molecular weight is 260 g/mol. The average Bonchev–Trinajstić information content (AvgIpc) is 2.87. The van der Waals surface area contributed by atoms with Crippen LogP contribution >= 0.6 is 0 Å². The highest BCUT2D eigenvalue weighted by Gasteiger charge is 2.01. The highest BCUT2D eigenvalue weighted by Crippen LogP contribution is 2.08.